The number of nitrogens with two attached hydrogens (primary N) is 1. The van der Waals surface area contributed by atoms with Crippen molar-refractivity contribution in [1.82, 2.24) is 19.7 Å². The van der Waals surface area contributed by atoms with Gasteiger partial charge in [-0.15, -0.1) is 5.10 Å². The number of pyridine rings is 1. The van der Waals surface area contributed by atoms with Crippen LogP contribution in [0.4, 0.5) is 5.95 Å². The third-order valence-corrected chi connectivity index (χ3v) is 3.92. The van der Waals surface area contributed by atoms with Gasteiger partial charge in [0.05, 0.1) is 5.52 Å². The molecule has 3 heterocycles. The second-order valence-corrected chi connectivity index (χ2v) is 5.20. The molecular weight excluding hydrogens is 250 g/mol. The predicted octanol–water partition coefficient (Wildman–Crippen LogP) is 2.33. The molecule has 0 saturated heterocycles. The number of aryl methyl sites for hydroxylation is 1. The highest BCUT2D eigenvalue weighted by Gasteiger charge is 2.25. The summed E-state index contributed by atoms with van der Waals surface area (Å²) in [6, 6.07) is 10.5. The lowest BCUT2D eigenvalue weighted by Crippen LogP contribution is -2.18. The summed E-state index contributed by atoms with van der Waals surface area (Å²) in [6.45, 7) is 0.908. The summed E-state index contributed by atoms with van der Waals surface area (Å²) >= 11 is 0. The zero-order valence-electron chi connectivity index (χ0n) is 11.0. The van der Waals surface area contributed by atoms with Crippen LogP contribution in [0.25, 0.3) is 10.9 Å². The van der Waals surface area contributed by atoms with Gasteiger partial charge in [-0.05, 0) is 36.6 Å². The first-order valence-corrected chi connectivity index (χ1v) is 6.86. The fourth-order valence-corrected chi connectivity index (χ4v) is 3.00. The number of nitrogen functional groups attached to an aromatic ring is 1. The Bertz CT molecular complexity index is 777. The van der Waals surface area contributed by atoms with Gasteiger partial charge in [-0.25, -0.2) is 4.68 Å². The Kier molecular flexibility index (Phi) is 2.45. The number of hydrogen-bond acceptors (Lipinski definition) is 4. The van der Waals surface area contributed by atoms with Gasteiger partial charge in [0.15, 0.2) is 0 Å². The molecule has 4 rings (SSSR count). The van der Waals surface area contributed by atoms with Crippen LogP contribution >= 0.6 is 0 Å². The summed E-state index contributed by atoms with van der Waals surface area (Å²) in [7, 11) is 0. The van der Waals surface area contributed by atoms with E-state index in [2.05, 4.69) is 39.3 Å². The minimum atomic E-state index is 0.276. The van der Waals surface area contributed by atoms with E-state index in [0.29, 0.717) is 5.95 Å². The molecule has 5 nitrogen and oxygen atoms in total. The molecule has 1 atom stereocenters. The smallest absolute Gasteiger partial charge is 0.239 e. The van der Waals surface area contributed by atoms with E-state index in [1.165, 1.54) is 5.56 Å². The van der Waals surface area contributed by atoms with E-state index >= 15 is 0 Å². The van der Waals surface area contributed by atoms with Gasteiger partial charge in [-0.1, -0.05) is 12.1 Å². The van der Waals surface area contributed by atoms with Gasteiger partial charge in [0.25, 0.3) is 0 Å². The van der Waals surface area contributed by atoms with Crippen LogP contribution in [0.2, 0.25) is 0 Å². The number of hydrogen-bond donors (Lipinski definition) is 1. The van der Waals surface area contributed by atoms with Crippen LogP contribution in [0.15, 0.2) is 36.5 Å². The number of anilines is 1. The van der Waals surface area contributed by atoms with Gasteiger partial charge in [0.1, 0.15) is 5.82 Å². The van der Waals surface area contributed by atoms with Crippen molar-refractivity contribution in [2.45, 2.75) is 25.3 Å². The number of nitrogens with zero attached hydrogens (tertiary/aromatic N) is 4. The molecule has 5 heteroatoms. The molecule has 20 heavy (non-hydrogen) atoms. The molecule has 1 aromatic carbocycles. The highest BCUT2D eigenvalue weighted by molar-refractivity contribution is 5.79. The molecule has 100 valence electrons. The summed E-state index contributed by atoms with van der Waals surface area (Å²) in [5.41, 5.74) is 8.02. The van der Waals surface area contributed by atoms with Gasteiger partial charge in [-0.2, -0.15) is 4.98 Å². The third kappa shape index (κ3) is 1.74. The molecule has 1 aliphatic rings. The number of benzene rings is 1. The van der Waals surface area contributed by atoms with Crippen molar-refractivity contribution in [1.29, 1.82) is 0 Å². The van der Waals surface area contributed by atoms with Crippen molar-refractivity contribution in [3.05, 3.63) is 47.9 Å². The highest BCUT2D eigenvalue weighted by Crippen LogP contribution is 2.33. The molecule has 0 fully saturated rings. The molecule has 1 aliphatic heterocycles. The Morgan fingerprint density at radius 2 is 2.20 bits per heavy atom. The van der Waals surface area contributed by atoms with E-state index < -0.39 is 0 Å². The van der Waals surface area contributed by atoms with E-state index in [4.69, 9.17) is 5.73 Å². The van der Waals surface area contributed by atoms with Crippen LogP contribution in [-0.4, -0.2) is 19.7 Å². The number of fused-ring (bicyclic) bond motifs is 2. The van der Waals surface area contributed by atoms with Crippen LogP contribution < -0.4 is 5.73 Å². The molecule has 2 N–H and O–H groups in total. The predicted molar refractivity (Wildman–Crippen MR) is 77.3 cm³/mol. The topological polar surface area (TPSA) is 69.6 Å². The van der Waals surface area contributed by atoms with Crippen molar-refractivity contribution in [3.63, 3.8) is 0 Å². The van der Waals surface area contributed by atoms with Gasteiger partial charge in [-0.3, -0.25) is 4.98 Å². The van der Waals surface area contributed by atoms with Crippen molar-refractivity contribution in [2.75, 3.05) is 5.73 Å². The van der Waals surface area contributed by atoms with Gasteiger partial charge < -0.3 is 5.73 Å². The third-order valence-electron chi connectivity index (χ3n) is 3.92. The van der Waals surface area contributed by atoms with Crippen LogP contribution in [-0.2, 0) is 6.54 Å². The zero-order chi connectivity index (χ0) is 13.5. The maximum Gasteiger partial charge on any atom is 0.239 e. The van der Waals surface area contributed by atoms with Crippen molar-refractivity contribution < 1.29 is 0 Å². The van der Waals surface area contributed by atoms with Crippen LogP contribution in [0.3, 0.4) is 0 Å². The lowest BCUT2D eigenvalue weighted by molar-refractivity contribution is 0.446. The van der Waals surface area contributed by atoms with Crippen LogP contribution in [0.5, 0.6) is 0 Å². The molecule has 0 amide bonds. The minimum Gasteiger partial charge on any atom is -0.366 e. The van der Waals surface area contributed by atoms with E-state index in [1.807, 2.05) is 16.9 Å². The number of rotatable bonds is 1. The molecule has 0 spiro atoms. The quantitative estimate of drug-likeness (QED) is 0.733. The van der Waals surface area contributed by atoms with Crippen LogP contribution in [0, 0.1) is 0 Å². The largest absolute Gasteiger partial charge is 0.366 e. The van der Waals surface area contributed by atoms with Crippen molar-refractivity contribution in [3.8, 4) is 0 Å². The van der Waals surface area contributed by atoms with Crippen molar-refractivity contribution in [2.24, 2.45) is 0 Å². The first-order valence-electron chi connectivity index (χ1n) is 6.86. The average molecular weight is 265 g/mol. The molecule has 0 bridgehead atoms. The molecule has 3 aromatic rings. The van der Waals surface area contributed by atoms with E-state index in [-0.39, 0.29) is 5.92 Å². The second-order valence-electron chi connectivity index (χ2n) is 5.20. The molecule has 0 saturated carbocycles. The SMILES string of the molecule is Nc1nc2n(n1)CCCC2c1ccc2ncccc2c1. The monoisotopic (exact) mass is 265 g/mol. The molecular formula is C15H15N5. The summed E-state index contributed by atoms with van der Waals surface area (Å²) in [4.78, 5) is 8.77. The van der Waals surface area contributed by atoms with E-state index in [0.717, 1.165) is 36.1 Å². The van der Waals surface area contributed by atoms with E-state index in [1.54, 1.807) is 0 Å². The average Bonchev–Trinajstić information content (AvgIpc) is 2.86. The fourth-order valence-electron chi connectivity index (χ4n) is 3.00. The minimum absolute atomic E-state index is 0.276. The lowest BCUT2D eigenvalue weighted by atomic mass is 9.90. The van der Waals surface area contributed by atoms with E-state index in [9.17, 15) is 0 Å². The van der Waals surface area contributed by atoms with Gasteiger partial charge in [0, 0.05) is 24.0 Å². The Morgan fingerprint density at radius 3 is 3.15 bits per heavy atom. The number of aromatic nitrogens is 4. The fraction of sp³-hybridized carbons (Fsp3) is 0.267. The molecule has 1 unspecified atom stereocenters. The van der Waals surface area contributed by atoms with Crippen molar-refractivity contribution >= 4 is 16.9 Å². The Balaban J connectivity index is 1.83. The first kappa shape index (κ1) is 11.4. The Labute approximate surface area is 116 Å². The maximum atomic E-state index is 5.74. The summed E-state index contributed by atoms with van der Waals surface area (Å²) in [5.74, 6) is 1.63. The summed E-state index contributed by atoms with van der Waals surface area (Å²) < 4.78 is 1.94. The maximum absolute atomic E-state index is 5.74. The molecule has 2 aromatic heterocycles. The molecule has 0 aliphatic carbocycles. The Hall–Kier alpha value is -2.43. The second kappa shape index (κ2) is 4.30. The lowest BCUT2D eigenvalue weighted by Gasteiger charge is -2.22. The van der Waals surface area contributed by atoms with Gasteiger partial charge in [0.2, 0.25) is 5.95 Å². The summed E-state index contributed by atoms with van der Waals surface area (Å²) in [6.07, 6.45) is 4.01. The Morgan fingerprint density at radius 1 is 1.25 bits per heavy atom. The standard InChI is InChI=1S/C15H15N5/c16-15-18-14-12(4-2-8-20(14)19-15)10-5-6-13-11(9-10)3-1-7-17-13/h1,3,5-7,9,12H,2,4,8H2,(H2,16,19). The highest BCUT2D eigenvalue weighted by atomic mass is 15.4. The first-order chi connectivity index (χ1) is 9.81. The molecule has 0 radical (unpaired) electrons. The van der Waals surface area contributed by atoms with Gasteiger partial charge >= 0.3 is 0 Å². The zero-order valence-corrected chi connectivity index (χ0v) is 11.0. The summed E-state index contributed by atoms with van der Waals surface area (Å²) in [5, 5.41) is 5.42. The normalized spacial score (nSPS) is 18.1. The van der Waals surface area contributed by atoms with Crippen LogP contribution in [0.1, 0.15) is 30.1 Å².